The molecule has 3 N–H and O–H groups in total. The van der Waals surface area contributed by atoms with E-state index < -0.39 is 0 Å². The van der Waals surface area contributed by atoms with Gasteiger partial charge in [-0.25, -0.2) is 4.79 Å². The van der Waals surface area contributed by atoms with Crippen LogP contribution in [0.2, 0.25) is 0 Å². The van der Waals surface area contributed by atoms with Crippen LogP contribution in [0.4, 0.5) is 10.5 Å². The largest absolute Gasteiger partial charge is 0.383 e. The maximum Gasteiger partial charge on any atom is 0.319 e. The van der Waals surface area contributed by atoms with Gasteiger partial charge < -0.3 is 20.7 Å². The van der Waals surface area contributed by atoms with Crippen molar-refractivity contribution < 1.29 is 14.3 Å². The summed E-state index contributed by atoms with van der Waals surface area (Å²) in [5.74, 6) is -0.227. The van der Waals surface area contributed by atoms with Gasteiger partial charge >= 0.3 is 6.03 Å². The summed E-state index contributed by atoms with van der Waals surface area (Å²) >= 11 is 2.93. The Morgan fingerprint density at radius 1 is 1.36 bits per heavy atom. The number of carbonyl (C=O) groups is 2. The van der Waals surface area contributed by atoms with E-state index in [1.54, 1.807) is 18.4 Å². The fourth-order valence-electron chi connectivity index (χ4n) is 1.73. The first-order chi connectivity index (χ1) is 10.7. The lowest BCUT2D eigenvalue weighted by Crippen LogP contribution is -2.29. The second-order valence-electron chi connectivity index (χ2n) is 4.32. The first kappa shape index (κ1) is 16.5. The molecular weight excluding hydrogens is 322 g/mol. The fraction of sp³-hybridized carbons (Fsp3) is 0.286. The summed E-state index contributed by atoms with van der Waals surface area (Å²) in [6.45, 7) is 0.854. The second-order valence-corrected chi connectivity index (χ2v) is 6.15. The average molecular weight is 339 g/mol. The van der Waals surface area contributed by atoms with Crippen LogP contribution in [0.3, 0.4) is 0 Å². The molecule has 6 nitrogen and oxygen atoms in total. The third kappa shape index (κ3) is 4.06. The predicted octanol–water partition coefficient (Wildman–Crippen LogP) is 2.60. The number of anilines is 1. The van der Waals surface area contributed by atoms with Crippen molar-refractivity contribution >= 4 is 40.3 Å². The molecule has 8 heteroatoms. The summed E-state index contributed by atoms with van der Waals surface area (Å²) < 4.78 is 4.91. The number of ether oxygens (including phenoxy) is 1. The quantitative estimate of drug-likeness (QED) is 0.708. The zero-order valence-corrected chi connectivity index (χ0v) is 13.9. The van der Waals surface area contributed by atoms with Crippen LogP contribution in [0, 0.1) is 0 Å². The van der Waals surface area contributed by atoms with Crippen LogP contribution in [-0.4, -0.2) is 39.2 Å². The molecule has 0 spiro atoms. The molecule has 0 saturated heterocycles. The lowest BCUT2D eigenvalue weighted by molar-refractivity contribution is 0.0942. The number of amides is 3. The molecule has 2 aromatic rings. The SMILES string of the molecule is CNC(=O)Nc1cc(-c2ccsc2)sc1C(=O)NCCOC. The number of nitrogens with one attached hydrogen (secondary N) is 3. The molecule has 118 valence electrons. The maximum absolute atomic E-state index is 12.3. The van der Waals surface area contributed by atoms with E-state index in [-0.39, 0.29) is 11.9 Å². The Hall–Kier alpha value is -1.90. The Bertz CT molecular complexity index is 638. The van der Waals surface area contributed by atoms with Crippen LogP contribution in [-0.2, 0) is 4.74 Å². The van der Waals surface area contributed by atoms with Crippen LogP contribution in [0.25, 0.3) is 10.4 Å². The van der Waals surface area contributed by atoms with E-state index in [0.717, 1.165) is 10.4 Å². The minimum Gasteiger partial charge on any atom is -0.383 e. The molecule has 0 atom stereocenters. The molecule has 0 aromatic carbocycles. The summed E-state index contributed by atoms with van der Waals surface area (Å²) in [7, 11) is 3.10. The molecule has 0 aliphatic carbocycles. The van der Waals surface area contributed by atoms with Gasteiger partial charge in [-0.1, -0.05) is 0 Å². The Kier molecular flexibility index (Phi) is 5.93. The van der Waals surface area contributed by atoms with Crippen LogP contribution in [0.5, 0.6) is 0 Å². The molecule has 2 aromatic heterocycles. The minimum atomic E-state index is -0.361. The van der Waals surface area contributed by atoms with Gasteiger partial charge in [0, 0.05) is 31.1 Å². The van der Waals surface area contributed by atoms with Crippen molar-refractivity contribution in [3.05, 3.63) is 27.8 Å². The Balaban J connectivity index is 2.24. The van der Waals surface area contributed by atoms with Gasteiger partial charge in [0.15, 0.2) is 0 Å². The molecule has 0 bridgehead atoms. The zero-order chi connectivity index (χ0) is 15.9. The number of hydrogen-bond donors (Lipinski definition) is 3. The third-order valence-corrected chi connectivity index (χ3v) is 4.68. The third-order valence-electron chi connectivity index (χ3n) is 2.81. The van der Waals surface area contributed by atoms with Crippen molar-refractivity contribution in [3.8, 4) is 10.4 Å². The number of hydrogen-bond acceptors (Lipinski definition) is 5. The van der Waals surface area contributed by atoms with Crippen LogP contribution >= 0.6 is 22.7 Å². The summed E-state index contributed by atoms with van der Waals surface area (Å²) in [5.41, 5.74) is 1.53. The van der Waals surface area contributed by atoms with Gasteiger partial charge in [0.25, 0.3) is 5.91 Å². The summed E-state index contributed by atoms with van der Waals surface area (Å²) in [4.78, 5) is 25.2. The average Bonchev–Trinajstić information content (AvgIpc) is 3.16. The van der Waals surface area contributed by atoms with Crippen molar-refractivity contribution in [3.63, 3.8) is 0 Å². The maximum atomic E-state index is 12.3. The molecule has 22 heavy (non-hydrogen) atoms. The molecule has 3 amide bonds. The van der Waals surface area contributed by atoms with Gasteiger partial charge in [0.05, 0.1) is 12.3 Å². The molecule has 2 rings (SSSR count). The van der Waals surface area contributed by atoms with E-state index >= 15 is 0 Å². The molecule has 0 unspecified atom stereocenters. The lowest BCUT2D eigenvalue weighted by atomic mass is 10.2. The highest BCUT2D eigenvalue weighted by molar-refractivity contribution is 7.18. The molecule has 2 heterocycles. The zero-order valence-electron chi connectivity index (χ0n) is 12.3. The Morgan fingerprint density at radius 3 is 2.82 bits per heavy atom. The number of thiophene rings is 2. The minimum absolute atomic E-state index is 0.227. The van der Waals surface area contributed by atoms with Crippen LogP contribution < -0.4 is 16.0 Å². The highest BCUT2D eigenvalue weighted by Gasteiger charge is 2.18. The summed E-state index contributed by atoms with van der Waals surface area (Å²) in [5, 5.41) is 11.9. The molecule has 0 saturated carbocycles. The van der Waals surface area contributed by atoms with Gasteiger partial charge in [-0.15, -0.1) is 11.3 Å². The van der Waals surface area contributed by atoms with Crippen molar-refractivity contribution in [1.82, 2.24) is 10.6 Å². The van der Waals surface area contributed by atoms with Crippen LogP contribution in [0.15, 0.2) is 22.9 Å². The van der Waals surface area contributed by atoms with Gasteiger partial charge in [-0.3, -0.25) is 4.79 Å². The first-order valence-electron chi connectivity index (χ1n) is 6.58. The number of carbonyl (C=O) groups excluding carboxylic acids is 2. The van der Waals surface area contributed by atoms with Crippen molar-refractivity contribution in [2.75, 3.05) is 32.6 Å². The Labute approximate surface area is 136 Å². The van der Waals surface area contributed by atoms with Gasteiger partial charge in [0.1, 0.15) is 4.88 Å². The highest BCUT2D eigenvalue weighted by Crippen LogP contribution is 2.35. The lowest BCUT2D eigenvalue weighted by Gasteiger charge is -2.06. The topological polar surface area (TPSA) is 79.5 Å². The standard InChI is InChI=1S/C14H17N3O3S2/c1-15-14(19)17-10-7-11(9-3-6-21-8-9)22-12(10)13(18)16-4-5-20-2/h3,6-8H,4-5H2,1-2H3,(H,16,18)(H2,15,17,19). The first-order valence-corrected chi connectivity index (χ1v) is 8.34. The number of urea groups is 1. The van der Waals surface area contributed by atoms with Gasteiger partial charge in [-0.05, 0) is 22.9 Å². The van der Waals surface area contributed by atoms with Crippen LogP contribution in [0.1, 0.15) is 9.67 Å². The monoisotopic (exact) mass is 339 g/mol. The van der Waals surface area contributed by atoms with E-state index in [0.29, 0.717) is 23.7 Å². The van der Waals surface area contributed by atoms with Crippen molar-refractivity contribution in [2.24, 2.45) is 0 Å². The van der Waals surface area contributed by atoms with Gasteiger partial charge in [0.2, 0.25) is 0 Å². The molecule has 0 aliphatic rings. The predicted molar refractivity (Wildman–Crippen MR) is 89.9 cm³/mol. The summed E-state index contributed by atoms with van der Waals surface area (Å²) in [6.07, 6.45) is 0. The Morgan fingerprint density at radius 2 is 2.18 bits per heavy atom. The van der Waals surface area contributed by atoms with E-state index in [2.05, 4.69) is 16.0 Å². The number of rotatable bonds is 6. The normalized spacial score (nSPS) is 10.3. The smallest absolute Gasteiger partial charge is 0.319 e. The summed E-state index contributed by atoms with van der Waals surface area (Å²) in [6, 6.07) is 3.43. The van der Waals surface area contributed by atoms with E-state index in [4.69, 9.17) is 4.74 Å². The fourth-order valence-corrected chi connectivity index (χ4v) is 3.49. The number of methoxy groups -OCH3 is 1. The molecule has 0 radical (unpaired) electrons. The second kappa shape index (κ2) is 7.92. The van der Waals surface area contributed by atoms with Gasteiger partial charge in [-0.2, -0.15) is 11.3 Å². The highest BCUT2D eigenvalue weighted by atomic mass is 32.1. The molecule has 0 aliphatic heterocycles. The molecular formula is C14H17N3O3S2. The van der Waals surface area contributed by atoms with E-state index in [1.807, 2.05) is 22.9 Å². The molecule has 0 fully saturated rings. The van der Waals surface area contributed by atoms with Crippen molar-refractivity contribution in [2.45, 2.75) is 0 Å². The van der Waals surface area contributed by atoms with Crippen molar-refractivity contribution in [1.29, 1.82) is 0 Å². The van der Waals surface area contributed by atoms with E-state index in [1.165, 1.54) is 18.4 Å². The van der Waals surface area contributed by atoms with E-state index in [9.17, 15) is 9.59 Å².